The van der Waals surface area contributed by atoms with E-state index < -0.39 is 15.6 Å². The van der Waals surface area contributed by atoms with Gasteiger partial charge >= 0.3 is 0 Å². The second-order valence-corrected chi connectivity index (χ2v) is 9.98. The van der Waals surface area contributed by atoms with Crippen molar-refractivity contribution in [1.82, 2.24) is 24.4 Å². The van der Waals surface area contributed by atoms with Crippen molar-refractivity contribution < 1.29 is 22.6 Å². The molecule has 13 nitrogen and oxygen atoms in total. The number of rotatable bonds is 8. The van der Waals surface area contributed by atoms with E-state index in [2.05, 4.69) is 19.9 Å². The molecule has 0 amide bonds. The van der Waals surface area contributed by atoms with E-state index in [1.807, 2.05) is 0 Å². The summed E-state index contributed by atoms with van der Waals surface area (Å²) < 4.78 is 45.6. The Kier molecular flexibility index (Phi) is 6.84. The van der Waals surface area contributed by atoms with Crippen LogP contribution in [0, 0.1) is 11.5 Å². The van der Waals surface area contributed by atoms with Crippen LogP contribution in [-0.2, 0) is 10.0 Å². The summed E-state index contributed by atoms with van der Waals surface area (Å²) in [5.41, 5.74) is -0.281. The minimum Gasteiger partial charge on any atom is -0.496 e. The highest BCUT2D eigenvalue weighted by molar-refractivity contribution is 7.95. The minimum atomic E-state index is -4.07. The first-order valence-electron chi connectivity index (χ1n) is 9.75. The first kappa shape index (κ1) is 25.0. The molecule has 4 aromatic rings. The predicted octanol–water partition coefficient (Wildman–Crippen LogP) is 2.44. The van der Waals surface area contributed by atoms with Crippen LogP contribution in [0.25, 0.3) is 22.3 Å². The number of hydrogen-bond donors (Lipinski definition) is 1. The quantitative estimate of drug-likeness (QED) is 0.345. The molecule has 0 fully saturated rings. The van der Waals surface area contributed by atoms with Gasteiger partial charge in [-0.2, -0.15) is 5.26 Å². The highest BCUT2D eigenvalue weighted by Gasteiger charge is 2.22. The number of benzene rings is 1. The van der Waals surface area contributed by atoms with Crippen LogP contribution in [0.2, 0.25) is 4.47 Å². The molecule has 0 saturated carbocycles. The Morgan fingerprint density at radius 2 is 1.86 bits per heavy atom. The molecule has 0 bridgehead atoms. The maximum atomic E-state index is 12.8. The van der Waals surface area contributed by atoms with E-state index in [0.717, 1.165) is 21.3 Å². The lowest BCUT2D eigenvalue weighted by Gasteiger charge is -2.12. The van der Waals surface area contributed by atoms with Crippen LogP contribution in [0.1, 0.15) is 5.56 Å². The van der Waals surface area contributed by atoms with Gasteiger partial charge in [0.15, 0.2) is 10.7 Å². The zero-order valence-electron chi connectivity index (χ0n) is 18.8. The monoisotopic (exact) mass is 549 g/mol. The third-order valence-corrected chi connectivity index (χ3v) is 6.84. The molecule has 16 heteroatoms. The SMILES string of the molecule is COc1cc(OC)c(/C=C/S(=O)(=O)Nc2cnc3c(-c4nnc(Cl)s4)c(=O)n(C#N)n3c2)c(OC)c1. The van der Waals surface area contributed by atoms with Gasteiger partial charge in [-0.3, -0.25) is 9.52 Å². The van der Waals surface area contributed by atoms with Gasteiger partial charge in [0.05, 0.1) is 50.4 Å². The molecule has 186 valence electrons. The molecule has 0 aliphatic heterocycles. The smallest absolute Gasteiger partial charge is 0.293 e. The third kappa shape index (κ3) is 4.69. The summed E-state index contributed by atoms with van der Waals surface area (Å²) in [6, 6.07) is 3.16. The Labute approximate surface area is 212 Å². The summed E-state index contributed by atoms with van der Waals surface area (Å²) >= 11 is 6.76. The second-order valence-electron chi connectivity index (χ2n) is 6.86. The van der Waals surface area contributed by atoms with Gasteiger partial charge in [0.2, 0.25) is 10.7 Å². The highest BCUT2D eigenvalue weighted by Crippen LogP contribution is 2.35. The molecule has 1 N–H and O–H groups in total. The van der Waals surface area contributed by atoms with Gasteiger partial charge in [0.1, 0.15) is 22.8 Å². The highest BCUT2D eigenvalue weighted by atomic mass is 35.5. The van der Waals surface area contributed by atoms with E-state index in [4.69, 9.17) is 25.8 Å². The first-order chi connectivity index (χ1) is 17.2. The number of aromatic nitrogens is 5. The van der Waals surface area contributed by atoms with Gasteiger partial charge < -0.3 is 14.2 Å². The molecule has 36 heavy (non-hydrogen) atoms. The van der Waals surface area contributed by atoms with Crippen molar-refractivity contribution in [2.75, 3.05) is 26.1 Å². The molecule has 0 radical (unpaired) electrons. The summed E-state index contributed by atoms with van der Waals surface area (Å²) in [7, 11) is 0.256. The number of anilines is 1. The Morgan fingerprint density at radius 3 is 2.42 bits per heavy atom. The molecule has 3 aromatic heterocycles. The van der Waals surface area contributed by atoms with Gasteiger partial charge in [0.25, 0.3) is 15.6 Å². The maximum Gasteiger partial charge on any atom is 0.293 e. The Bertz CT molecular complexity index is 1680. The maximum absolute atomic E-state index is 12.8. The fraction of sp³-hybridized carbons (Fsp3) is 0.150. The van der Waals surface area contributed by atoms with Crippen LogP contribution in [0.4, 0.5) is 5.69 Å². The van der Waals surface area contributed by atoms with Crippen molar-refractivity contribution in [2.45, 2.75) is 0 Å². The number of methoxy groups -OCH3 is 3. The standard InChI is InChI=1S/C20H16ClN7O6S2/c1-32-12-6-14(33-2)13(15(7-12)34-3)4-5-36(30,31)26-11-8-23-17-16(18-24-25-20(21)35-18)19(29)28(10-22)27(17)9-11/h4-9,26H,1-3H3/b5-4+. The Balaban J connectivity index is 1.70. The summed E-state index contributed by atoms with van der Waals surface area (Å²) in [5.74, 6) is 1.12. The topological polar surface area (TPSA) is 163 Å². The predicted molar refractivity (Wildman–Crippen MR) is 132 cm³/mol. The summed E-state index contributed by atoms with van der Waals surface area (Å²) in [6.45, 7) is 0. The Morgan fingerprint density at radius 1 is 1.17 bits per heavy atom. The molecule has 0 atom stereocenters. The van der Waals surface area contributed by atoms with Crippen LogP contribution >= 0.6 is 22.9 Å². The van der Waals surface area contributed by atoms with Gasteiger partial charge in [-0.25, -0.2) is 17.9 Å². The molecular weight excluding hydrogens is 534 g/mol. The number of nitriles is 1. The molecule has 1 aromatic carbocycles. The van der Waals surface area contributed by atoms with Crippen LogP contribution in [0.15, 0.2) is 34.7 Å². The fourth-order valence-electron chi connectivity index (χ4n) is 3.24. The lowest BCUT2D eigenvalue weighted by Crippen LogP contribution is -2.16. The third-order valence-electron chi connectivity index (χ3n) is 4.79. The van der Waals surface area contributed by atoms with Crippen molar-refractivity contribution >= 4 is 50.4 Å². The molecule has 3 heterocycles. The second kappa shape index (κ2) is 9.85. The summed E-state index contributed by atoms with van der Waals surface area (Å²) in [4.78, 5) is 16.9. The number of nitrogens with one attached hydrogen (secondary N) is 1. The number of nitrogens with zero attached hydrogens (tertiary/aromatic N) is 6. The first-order valence-corrected chi connectivity index (χ1v) is 12.5. The average molecular weight is 550 g/mol. The number of ether oxygens (including phenoxy) is 3. The van der Waals surface area contributed by atoms with Crippen molar-refractivity contribution in [3.8, 4) is 34.0 Å². The van der Waals surface area contributed by atoms with E-state index in [1.165, 1.54) is 39.8 Å². The number of hydrogen-bond acceptors (Lipinski definition) is 11. The van der Waals surface area contributed by atoms with E-state index in [0.29, 0.717) is 27.5 Å². The normalized spacial score (nSPS) is 11.5. The van der Waals surface area contributed by atoms with E-state index in [1.54, 1.807) is 18.3 Å². The van der Waals surface area contributed by atoms with E-state index in [9.17, 15) is 18.5 Å². The zero-order valence-corrected chi connectivity index (χ0v) is 21.2. The zero-order chi connectivity index (χ0) is 26.0. The number of halogens is 1. The fourth-order valence-corrected chi connectivity index (χ4v) is 4.92. The molecule has 0 aliphatic carbocycles. The van der Waals surface area contributed by atoms with Gasteiger partial charge in [0, 0.05) is 12.1 Å². The molecule has 0 spiro atoms. The van der Waals surface area contributed by atoms with Gasteiger partial charge in [-0.15, -0.1) is 14.9 Å². The molecule has 0 aliphatic rings. The van der Waals surface area contributed by atoms with Crippen molar-refractivity contribution in [2.24, 2.45) is 0 Å². The lowest BCUT2D eigenvalue weighted by atomic mass is 10.1. The molecule has 4 rings (SSSR count). The van der Waals surface area contributed by atoms with Gasteiger partial charge in [-0.1, -0.05) is 11.3 Å². The van der Waals surface area contributed by atoms with E-state index in [-0.39, 0.29) is 26.4 Å². The molecule has 0 saturated heterocycles. The number of fused-ring (bicyclic) bond motifs is 1. The Hall–Kier alpha value is -4.13. The van der Waals surface area contributed by atoms with Crippen molar-refractivity contribution in [1.29, 1.82) is 5.26 Å². The van der Waals surface area contributed by atoms with Crippen LogP contribution in [-0.4, -0.2) is 54.1 Å². The molecule has 0 unspecified atom stereocenters. The number of sulfonamides is 1. The minimum absolute atomic E-state index is 0.00829. The summed E-state index contributed by atoms with van der Waals surface area (Å²) in [6.07, 6.45) is 5.46. The summed E-state index contributed by atoms with van der Waals surface area (Å²) in [5, 5.41) is 18.0. The largest absolute Gasteiger partial charge is 0.496 e. The van der Waals surface area contributed by atoms with E-state index >= 15 is 0 Å². The average Bonchev–Trinajstić information content (AvgIpc) is 3.40. The van der Waals surface area contributed by atoms with Crippen LogP contribution in [0.3, 0.4) is 0 Å². The lowest BCUT2D eigenvalue weighted by molar-refractivity contribution is 0.374. The van der Waals surface area contributed by atoms with Crippen molar-refractivity contribution in [3.05, 3.63) is 50.3 Å². The molecular formula is C20H16ClN7O6S2. The van der Waals surface area contributed by atoms with Crippen molar-refractivity contribution in [3.63, 3.8) is 0 Å². The van der Waals surface area contributed by atoms with Gasteiger partial charge in [-0.05, 0) is 17.7 Å². The van der Waals surface area contributed by atoms with Crippen LogP contribution in [0.5, 0.6) is 17.2 Å². The van der Waals surface area contributed by atoms with Crippen LogP contribution < -0.4 is 24.5 Å².